The molecule has 0 fully saturated rings. The Morgan fingerprint density at radius 3 is 1.58 bits per heavy atom. The Morgan fingerprint density at radius 1 is 0.558 bits per heavy atom. The summed E-state index contributed by atoms with van der Waals surface area (Å²) in [5.74, 6) is 0. The summed E-state index contributed by atoms with van der Waals surface area (Å²) in [6.45, 7) is 6.68. The quantitative estimate of drug-likeness (QED) is 0.101. The van der Waals surface area contributed by atoms with E-state index in [0.29, 0.717) is 18.0 Å². The summed E-state index contributed by atoms with van der Waals surface area (Å²) >= 11 is 0.575. The molecule has 226 valence electrons. The Balaban J connectivity index is 0.000000269. The average Bonchev–Trinajstić information content (AvgIpc) is 3.39. The molecule has 0 saturated heterocycles. The number of unbranched alkanes of at least 4 members (excludes halogenated alkanes) is 3. The van der Waals surface area contributed by atoms with Crippen LogP contribution < -0.4 is 8.07 Å². The molecule has 0 atom stereocenters. The summed E-state index contributed by atoms with van der Waals surface area (Å²) < 4.78 is 4.27. The first kappa shape index (κ1) is 32.5. The van der Waals surface area contributed by atoms with Crippen molar-refractivity contribution in [1.29, 1.82) is 0 Å². The van der Waals surface area contributed by atoms with Crippen LogP contribution in [0.2, 0.25) is 0 Å². The topological polar surface area (TPSA) is 25.3 Å². The molecule has 0 aliphatic carbocycles. The van der Waals surface area contributed by atoms with E-state index in [-0.39, 0.29) is 0 Å². The standard InChI is InChI=1S/C28H36N2.2C6H5.Pd/c1-4-7-12-22-14-10-17-24(19-22)27-21-26(16-9-6-3)28(30(27)29)25-18-11-15-23(20-25)13-8-5-2;2*1-2-4-6-5-3-1;/h10-11,14-15,17-21H,4-9,12-13,16H2,1-3H3;2*1-5H;. The molecule has 0 unspecified atom stereocenters. The first-order valence-electron chi connectivity index (χ1n) is 15.9. The van der Waals surface area contributed by atoms with Gasteiger partial charge in [0.2, 0.25) is 11.4 Å². The summed E-state index contributed by atoms with van der Waals surface area (Å²) in [6, 6.07) is 38.6. The predicted molar refractivity (Wildman–Crippen MR) is 180 cm³/mol. The molecule has 4 aromatic carbocycles. The van der Waals surface area contributed by atoms with Crippen LogP contribution in [0.25, 0.3) is 16.9 Å². The number of benzene rings is 4. The molecule has 0 saturated carbocycles. The molecule has 0 spiro atoms. The third-order valence-corrected chi connectivity index (χ3v) is 9.46. The van der Waals surface area contributed by atoms with E-state index in [1.165, 1.54) is 55.2 Å². The monoisotopic (exact) mass is 660 g/mol. The third-order valence-electron chi connectivity index (χ3n) is 7.52. The molecule has 2 nitrogen and oxygen atoms in total. The number of hydrogen-bond donors (Lipinski definition) is 0. The van der Waals surface area contributed by atoms with Crippen LogP contribution in [0.5, 0.6) is 0 Å². The number of hydrogen-bond acceptors (Lipinski definition) is 0. The first-order valence-corrected chi connectivity index (χ1v) is 17.5. The molecule has 4 aromatic rings. The van der Waals surface area contributed by atoms with Crippen LogP contribution >= 0.6 is 0 Å². The van der Waals surface area contributed by atoms with Crippen molar-refractivity contribution in [2.24, 2.45) is 0 Å². The van der Waals surface area contributed by atoms with Gasteiger partial charge in [-0.25, -0.2) is 4.70 Å². The Hall–Kier alpha value is -3.38. The van der Waals surface area contributed by atoms with Crippen molar-refractivity contribution in [2.45, 2.75) is 78.6 Å². The Bertz CT molecular complexity index is 1460. The molecule has 1 heterocycles. The van der Waals surface area contributed by atoms with Crippen molar-refractivity contribution >= 4 is 19.5 Å². The molecular weight excluding hydrogens is 615 g/mol. The first-order chi connectivity index (χ1) is 21.1. The van der Waals surface area contributed by atoms with Crippen LogP contribution in [0.15, 0.2) is 121 Å². The zero-order valence-corrected chi connectivity index (χ0v) is 27.6. The van der Waals surface area contributed by atoms with Crippen molar-refractivity contribution in [3.63, 3.8) is 0 Å². The van der Waals surface area contributed by atoms with Gasteiger partial charge in [0.25, 0.3) is 0 Å². The average molecular weight is 661 g/mol. The van der Waals surface area contributed by atoms with Gasteiger partial charge in [-0.3, -0.25) is 0 Å². The van der Waals surface area contributed by atoms with Gasteiger partial charge in [-0.05, 0) is 73.9 Å². The summed E-state index contributed by atoms with van der Waals surface area (Å²) in [5, 5.41) is 0. The third kappa shape index (κ3) is 9.82. The van der Waals surface area contributed by atoms with Crippen molar-refractivity contribution in [3.8, 4) is 0 Å². The second kappa shape index (κ2) is 17.7. The molecule has 1 aliphatic heterocycles. The minimum atomic E-state index is 0.575. The maximum atomic E-state index is 11.3. The van der Waals surface area contributed by atoms with Gasteiger partial charge in [-0.2, -0.15) is 0 Å². The SMILES string of the molecule is CCCCC1=C(c2cccc(CCCC)c2)[N+](=[N-])C(c2cccc(CCCC)c2)=C1.c1cc[c]([Pd][c]2ccccc2)cc1. The van der Waals surface area contributed by atoms with Crippen LogP contribution in [0, 0.1) is 0 Å². The number of aryl methyl sites for hydroxylation is 2. The van der Waals surface area contributed by atoms with Crippen molar-refractivity contribution in [1.82, 2.24) is 0 Å². The Morgan fingerprint density at radius 2 is 1.05 bits per heavy atom. The van der Waals surface area contributed by atoms with Gasteiger partial charge < -0.3 is 5.53 Å². The van der Waals surface area contributed by atoms with Gasteiger partial charge in [0.15, 0.2) is 0 Å². The van der Waals surface area contributed by atoms with Gasteiger partial charge in [-0.15, -0.1) is 0 Å². The molecular formula is C40H46N2Pd. The van der Waals surface area contributed by atoms with E-state index in [9.17, 15) is 5.53 Å². The zero-order chi connectivity index (χ0) is 30.3. The summed E-state index contributed by atoms with van der Waals surface area (Å²) in [5.41, 5.74) is 19.3. The molecule has 3 heteroatoms. The summed E-state index contributed by atoms with van der Waals surface area (Å²) in [7, 11) is 0. The zero-order valence-electron chi connectivity index (χ0n) is 26.0. The fourth-order valence-corrected chi connectivity index (χ4v) is 6.80. The second-order valence-corrected chi connectivity index (χ2v) is 13.2. The second-order valence-electron chi connectivity index (χ2n) is 11.0. The molecule has 0 N–H and O–H groups in total. The molecule has 0 amide bonds. The van der Waals surface area contributed by atoms with Gasteiger partial charge in [0.1, 0.15) is 0 Å². The van der Waals surface area contributed by atoms with Crippen molar-refractivity contribution < 1.29 is 22.7 Å². The van der Waals surface area contributed by atoms with Crippen LogP contribution in [0.4, 0.5) is 0 Å². The predicted octanol–water partition coefficient (Wildman–Crippen LogP) is 10.1. The molecule has 0 bridgehead atoms. The maximum absolute atomic E-state index is 11.3. The molecule has 1 aliphatic rings. The summed E-state index contributed by atoms with van der Waals surface area (Å²) in [4.78, 5) is 0. The van der Waals surface area contributed by atoms with Gasteiger partial charge in [0.05, 0.1) is 0 Å². The van der Waals surface area contributed by atoms with Crippen LogP contribution in [-0.2, 0) is 30.8 Å². The molecule has 0 aromatic heterocycles. The van der Waals surface area contributed by atoms with Crippen LogP contribution in [0.3, 0.4) is 0 Å². The number of nitrogens with zero attached hydrogens (tertiary/aromatic N) is 2. The van der Waals surface area contributed by atoms with E-state index in [1.54, 1.807) is 0 Å². The normalized spacial score (nSPS) is 12.7. The Kier molecular flexibility index (Phi) is 13.4. The van der Waals surface area contributed by atoms with E-state index in [0.717, 1.165) is 54.6 Å². The van der Waals surface area contributed by atoms with E-state index >= 15 is 0 Å². The van der Waals surface area contributed by atoms with Crippen LogP contribution in [-0.4, -0.2) is 4.70 Å². The van der Waals surface area contributed by atoms with Crippen molar-refractivity contribution in [3.05, 3.63) is 149 Å². The number of rotatable bonds is 13. The van der Waals surface area contributed by atoms with E-state index in [4.69, 9.17) is 0 Å². The van der Waals surface area contributed by atoms with E-state index < -0.39 is 0 Å². The van der Waals surface area contributed by atoms with E-state index in [2.05, 4.69) is 136 Å². The molecule has 0 radical (unpaired) electrons. The molecule has 5 rings (SSSR count). The fraction of sp³-hybridized carbons (Fsp3) is 0.300. The van der Waals surface area contributed by atoms with Gasteiger partial charge in [0, 0.05) is 22.8 Å². The van der Waals surface area contributed by atoms with Crippen molar-refractivity contribution in [2.75, 3.05) is 0 Å². The molecule has 43 heavy (non-hydrogen) atoms. The Labute approximate surface area is 268 Å². The van der Waals surface area contributed by atoms with Crippen LogP contribution in [0.1, 0.15) is 88.0 Å². The van der Waals surface area contributed by atoms with Gasteiger partial charge in [-0.1, -0.05) is 64.3 Å². The van der Waals surface area contributed by atoms with Gasteiger partial charge >= 0.3 is 86.7 Å². The van der Waals surface area contributed by atoms with E-state index in [1.807, 2.05) is 0 Å². The minimum absolute atomic E-state index is 0.575. The fourth-order valence-electron chi connectivity index (χ4n) is 5.16. The number of allylic oxidation sites excluding steroid dienone is 2. The summed E-state index contributed by atoms with van der Waals surface area (Å²) in [6.07, 6.45) is 12.4.